The molecular formula is C47H72FNO3. The minimum Gasteiger partial charge on any atom is -0.481 e. The van der Waals surface area contributed by atoms with Crippen LogP contribution in [0.2, 0.25) is 0 Å². The Morgan fingerprint density at radius 2 is 1.65 bits per heavy atom. The lowest BCUT2D eigenvalue weighted by atomic mass is 9.33. The van der Waals surface area contributed by atoms with E-state index in [1.807, 2.05) is 0 Å². The minimum absolute atomic E-state index is 0.00714. The summed E-state index contributed by atoms with van der Waals surface area (Å²) in [6, 6.07) is 0. The van der Waals surface area contributed by atoms with E-state index >= 15 is 0 Å². The number of nitrogens with one attached hydrogen (secondary N) is 1. The molecule has 8 aliphatic rings. The Labute approximate surface area is 315 Å². The Balaban J connectivity index is 1.04. The van der Waals surface area contributed by atoms with Crippen molar-refractivity contribution in [3.63, 3.8) is 0 Å². The van der Waals surface area contributed by atoms with Crippen LogP contribution in [0.1, 0.15) is 158 Å². The summed E-state index contributed by atoms with van der Waals surface area (Å²) in [6.07, 6.45) is 23.3. The van der Waals surface area contributed by atoms with E-state index in [-0.39, 0.29) is 16.4 Å². The highest BCUT2D eigenvalue weighted by atomic mass is 19.1. The second kappa shape index (κ2) is 12.0. The molecule has 52 heavy (non-hydrogen) atoms. The maximum Gasteiger partial charge on any atom is 0.312 e. The average Bonchev–Trinajstić information content (AvgIpc) is 3.63. The van der Waals surface area contributed by atoms with E-state index in [0.717, 1.165) is 37.6 Å². The van der Waals surface area contributed by atoms with Crippen molar-refractivity contribution in [3.05, 3.63) is 35.5 Å². The van der Waals surface area contributed by atoms with Crippen molar-refractivity contribution in [1.82, 2.24) is 5.32 Å². The molecule has 0 aliphatic heterocycles. The molecule has 0 amide bonds. The van der Waals surface area contributed by atoms with Gasteiger partial charge in [-0.05, 0) is 203 Å². The number of allylic oxidation sites excluding steroid dienone is 5. The Morgan fingerprint density at radius 3 is 2.31 bits per heavy atom. The molecule has 4 nitrogen and oxygen atoms in total. The average molecular weight is 718 g/mol. The molecule has 8 aliphatic carbocycles. The number of aliphatic carboxylic acids is 1. The maximum atomic E-state index is 14.0. The molecule has 0 bridgehead atoms. The summed E-state index contributed by atoms with van der Waals surface area (Å²) in [5, 5.41) is 24.9. The van der Waals surface area contributed by atoms with E-state index in [1.165, 1.54) is 87.3 Å². The Hall–Kier alpha value is -1.46. The van der Waals surface area contributed by atoms with Crippen molar-refractivity contribution < 1.29 is 19.4 Å². The fraction of sp³-hybridized carbons (Fsp3) is 0.851. The number of hydrogen-bond acceptors (Lipinski definition) is 3. The molecule has 0 heterocycles. The van der Waals surface area contributed by atoms with Crippen molar-refractivity contribution in [1.29, 1.82) is 0 Å². The van der Waals surface area contributed by atoms with Crippen LogP contribution < -0.4 is 5.32 Å². The lowest BCUT2D eigenvalue weighted by Crippen LogP contribution is -2.68. The first kappa shape index (κ1) is 37.5. The summed E-state index contributed by atoms with van der Waals surface area (Å²) < 4.78 is 14.0. The zero-order valence-electron chi connectivity index (χ0n) is 33.9. The summed E-state index contributed by atoms with van der Waals surface area (Å²) in [5.41, 5.74) is 3.99. The van der Waals surface area contributed by atoms with Gasteiger partial charge in [-0.3, -0.25) is 4.79 Å². The first-order valence-electron chi connectivity index (χ1n) is 21.6. The van der Waals surface area contributed by atoms with E-state index in [0.29, 0.717) is 59.2 Å². The number of alkyl halides is 1. The van der Waals surface area contributed by atoms with Crippen LogP contribution in [-0.2, 0) is 4.79 Å². The van der Waals surface area contributed by atoms with Crippen LogP contribution in [0, 0.1) is 68.0 Å². The molecule has 0 spiro atoms. The lowest BCUT2D eigenvalue weighted by molar-refractivity contribution is -0.221. The molecule has 6 saturated carbocycles. The Morgan fingerprint density at radius 1 is 0.885 bits per heavy atom. The monoisotopic (exact) mass is 718 g/mol. The molecule has 3 N–H and O–H groups in total. The summed E-state index contributed by atoms with van der Waals surface area (Å²) >= 11 is 0. The highest BCUT2D eigenvalue weighted by molar-refractivity contribution is 5.75. The maximum absolute atomic E-state index is 14.0. The molecule has 13 unspecified atom stereocenters. The van der Waals surface area contributed by atoms with Crippen LogP contribution >= 0.6 is 0 Å². The number of carbonyl (C=O) groups is 1. The van der Waals surface area contributed by atoms with E-state index in [9.17, 15) is 19.4 Å². The number of rotatable bonds is 8. The third-order valence-corrected chi connectivity index (χ3v) is 19.6. The van der Waals surface area contributed by atoms with Gasteiger partial charge in [0.25, 0.3) is 0 Å². The van der Waals surface area contributed by atoms with Crippen LogP contribution in [0.3, 0.4) is 0 Å². The fourth-order valence-corrected chi connectivity index (χ4v) is 16.3. The van der Waals surface area contributed by atoms with Crippen LogP contribution in [0.5, 0.6) is 0 Å². The molecule has 5 heteroatoms. The van der Waals surface area contributed by atoms with E-state index in [1.54, 1.807) is 0 Å². The van der Waals surface area contributed by atoms with Crippen LogP contribution in [0.25, 0.3) is 0 Å². The van der Waals surface area contributed by atoms with Gasteiger partial charge in [-0.2, -0.15) is 0 Å². The van der Waals surface area contributed by atoms with Crippen molar-refractivity contribution >= 4 is 5.97 Å². The standard InChI is InChI=1S/C47H72FNO3/c1-30(2)33-13-20-47(49-26-25-45-23-21-41(5,52)27-32(45)28-45)24-22-43(7)35(38(33)47)9-10-37-42(6)16-14-34(40(3,4)36(42)15-17-44(37,43)8)31-11-18-46(29-48,19-12-31)39(50)51/h11,14,32-33,35-38,49,52H,1,9-10,12-13,15-29H2,2-8H3,(H,50,51). The third-order valence-electron chi connectivity index (χ3n) is 19.6. The smallest absolute Gasteiger partial charge is 0.312 e. The molecule has 0 aromatic heterocycles. The van der Waals surface area contributed by atoms with Crippen LogP contribution in [0.15, 0.2) is 35.5 Å². The first-order chi connectivity index (χ1) is 24.3. The third kappa shape index (κ3) is 5.18. The molecule has 0 saturated heterocycles. The lowest BCUT2D eigenvalue weighted by Gasteiger charge is -2.72. The normalized spacial score (nSPS) is 51.8. The molecular weight excluding hydrogens is 646 g/mol. The van der Waals surface area contributed by atoms with Crippen LogP contribution in [0.4, 0.5) is 4.39 Å². The predicted octanol–water partition coefficient (Wildman–Crippen LogP) is 11.0. The number of carboxylic acids is 1. The number of carboxylic acid groups (broad SMARTS) is 1. The van der Waals surface area contributed by atoms with E-state index in [2.05, 4.69) is 72.5 Å². The van der Waals surface area contributed by atoms with E-state index in [4.69, 9.17) is 0 Å². The van der Waals surface area contributed by atoms with Gasteiger partial charge in [0.1, 0.15) is 6.67 Å². The second-order valence-corrected chi connectivity index (χ2v) is 22.2. The van der Waals surface area contributed by atoms with Crippen molar-refractivity contribution in [2.75, 3.05) is 13.2 Å². The number of halogens is 1. The molecule has 6 fully saturated rings. The summed E-state index contributed by atoms with van der Waals surface area (Å²) in [4.78, 5) is 12.0. The Kier molecular flexibility index (Phi) is 8.66. The van der Waals surface area contributed by atoms with Gasteiger partial charge in [0.2, 0.25) is 0 Å². The minimum atomic E-state index is -1.24. The molecule has 0 radical (unpaired) electrons. The van der Waals surface area contributed by atoms with Gasteiger partial charge in [0.15, 0.2) is 0 Å². The van der Waals surface area contributed by atoms with Gasteiger partial charge < -0.3 is 15.5 Å². The molecule has 0 aromatic carbocycles. The van der Waals surface area contributed by atoms with Crippen molar-refractivity contribution in [2.24, 2.45) is 68.0 Å². The van der Waals surface area contributed by atoms with Gasteiger partial charge in [-0.15, -0.1) is 0 Å². The largest absolute Gasteiger partial charge is 0.481 e. The topological polar surface area (TPSA) is 69.6 Å². The first-order valence-corrected chi connectivity index (χ1v) is 21.6. The summed E-state index contributed by atoms with van der Waals surface area (Å²) in [7, 11) is 0. The van der Waals surface area contributed by atoms with Gasteiger partial charge in [-0.25, -0.2) is 4.39 Å². The highest BCUT2D eigenvalue weighted by Crippen LogP contribution is 2.77. The zero-order valence-corrected chi connectivity index (χ0v) is 33.9. The molecule has 13 atom stereocenters. The second-order valence-electron chi connectivity index (χ2n) is 22.2. The van der Waals surface area contributed by atoms with E-state index < -0.39 is 23.7 Å². The molecule has 8 rings (SSSR count). The number of aliphatic hydroxyl groups is 1. The Bertz CT molecular complexity index is 1560. The van der Waals surface area contributed by atoms with Crippen LogP contribution in [-0.4, -0.2) is 40.5 Å². The predicted molar refractivity (Wildman–Crippen MR) is 208 cm³/mol. The summed E-state index contributed by atoms with van der Waals surface area (Å²) in [6.45, 7) is 22.4. The number of hydrogen-bond donors (Lipinski definition) is 3. The van der Waals surface area contributed by atoms with Gasteiger partial charge in [0, 0.05) is 5.54 Å². The quantitative estimate of drug-likeness (QED) is 0.219. The molecule has 290 valence electrons. The van der Waals surface area contributed by atoms with Crippen molar-refractivity contribution in [3.8, 4) is 0 Å². The van der Waals surface area contributed by atoms with Gasteiger partial charge in [-0.1, -0.05) is 58.9 Å². The van der Waals surface area contributed by atoms with Gasteiger partial charge in [0.05, 0.1) is 11.0 Å². The zero-order chi connectivity index (χ0) is 37.3. The fourth-order valence-electron chi connectivity index (χ4n) is 16.3. The SMILES string of the molecule is C=C(C)C1CCC2(NCCC34CCC(C)(O)CC3C4)CCC3(C)C(CCC4C5(C)CC=C(C6=CCC(CF)(C(=O)O)CC6)C(C)(C)C5CCC43C)C12. The summed E-state index contributed by atoms with van der Waals surface area (Å²) in [5.74, 6) is 3.01. The highest BCUT2D eigenvalue weighted by Gasteiger charge is 2.70. The number of fused-ring (bicyclic) bond motifs is 8. The van der Waals surface area contributed by atoms with Gasteiger partial charge >= 0.3 is 5.97 Å². The van der Waals surface area contributed by atoms with Crippen molar-refractivity contribution in [2.45, 2.75) is 169 Å². The molecule has 0 aromatic rings.